The molecule has 0 spiro atoms. The lowest BCUT2D eigenvalue weighted by atomic mass is 10.1. The molecule has 5 heteroatoms. The Labute approximate surface area is 109 Å². The van der Waals surface area contributed by atoms with Crippen LogP contribution >= 0.6 is 15.9 Å². The maximum atomic E-state index is 12.1. The fraction of sp³-hybridized carbons (Fsp3) is 0.417. The Morgan fingerprint density at radius 1 is 1.35 bits per heavy atom. The number of hydrogen-bond acceptors (Lipinski definition) is 4. The summed E-state index contributed by atoms with van der Waals surface area (Å²) in [7, 11) is 0. The largest absolute Gasteiger partial charge is 0.463 e. The van der Waals surface area contributed by atoms with E-state index in [1.165, 1.54) is 0 Å². The van der Waals surface area contributed by atoms with Crippen LogP contribution in [0.1, 0.15) is 13.3 Å². The molecule has 0 unspecified atom stereocenters. The standard InChI is InChI=1S/C12H15BrN2O2/c1-2-17-11(16)12(7-8-13)14-9-5-3-4-6-10(9)15-12/h3-6,14-15H,2,7-8H2,1H3. The molecule has 0 amide bonds. The molecule has 0 saturated heterocycles. The molecule has 2 rings (SSSR count). The van der Waals surface area contributed by atoms with Crippen LogP contribution in [-0.4, -0.2) is 23.6 Å². The number of anilines is 2. The zero-order valence-electron chi connectivity index (χ0n) is 9.63. The quantitative estimate of drug-likeness (QED) is 0.663. The van der Waals surface area contributed by atoms with Gasteiger partial charge in [0.25, 0.3) is 0 Å². The van der Waals surface area contributed by atoms with E-state index in [0.29, 0.717) is 18.4 Å². The minimum Gasteiger partial charge on any atom is -0.463 e. The summed E-state index contributed by atoms with van der Waals surface area (Å²) in [6, 6.07) is 7.75. The Bertz CT molecular complexity index is 398. The second-order valence-electron chi connectivity index (χ2n) is 3.86. The molecule has 1 heterocycles. The first kappa shape index (κ1) is 12.2. The van der Waals surface area contributed by atoms with E-state index in [1.807, 2.05) is 31.2 Å². The van der Waals surface area contributed by atoms with Crippen molar-refractivity contribution in [1.29, 1.82) is 0 Å². The van der Waals surface area contributed by atoms with Crippen LogP contribution in [0.15, 0.2) is 24.3 Å². The second kappa shape index (κ2) is 4.96. The van der Waals surface area contributed by atoms with Crippen LogP contribution < -0.4 is 10.6 Å². The van der Waals surface area contributed by atoms with Crippen molar-refractivity contribution in [3.63, 3.8) is 0 Å². The number of carbonyl (C=O) groups is 1. The van der Waals surface area contributed by atoms with Crippen LogP contribution in [0.25, 0.3) is 0 Å². The minimum absolute atomic E-state index is 0.268. The van der Waals surface area contributed by atoms with E-state index in [4.69, 9.17) is 4.74 Å². The average Bonchev–Trinajstić information content (AvgIpc) is 2.69. The van der Waals surface area contributed by atoms with E-state index in [1.54, 1.807) is 0 Å². The third kappa shape index (κ3) is 2.24. The zero-order valence-corrected chi connectivity index (χ0v) is 11.2. The zero-order chi connectivity index (χ0) is 12.3. The molecule has 0 aromatic heterocycles. The summed E-state index contributed by atoms with van der Waals surface area (Å²) in [5, 5.41) is 7.14. The Morgan fingerprint density at radius 2 is 1.94 bits per heavy atom. The molecular formula is C12H15BrN2O2. The summed E-state index contributed by atoms with van der Waals surface area (Å²) in [5.74, 6) is -0.268. The van der Waals surface area contributed by atoms with Crippen molar-refractivity contribution in [3.8, 4) is 0 Å². The lowest BCUT2D eigenvalue weighted by Crippen LogP contribution is -2.51. The Kier molecular flexibility index (Phi) is 3.57. The van der Waals surface area contributed by atoms with Gasteiger partial charge in [-0.2, -0.15) is 0 Å². The van der Waals surface area contributed by atoms with E-state index in [-0.39, 0.29) is 5.97 Å². The molecule has 2 N–H and O–H groups in total. The second-order valence-corrected chi connectivity index (χ2v) is 4.65. The van der Waals surface area contributed by atoms with E-state index in [2.05, 4.69) is 26.6 Å². The lowest BCUT2D eigenvalue weighted by molar-refractivity contribution is -0.147. The molecule has 0 radical (unpaired) electrons. The van der Waals surface area contributed by atoms with Crippen LogP contribution in [0.4, 0.5) is 11.4 Å². The third-order valence-electron chi connectivity index (χ3n) is 2.72. The van der Waals surface area contributed by atoms with Crippen molar-refractivity contribution in [2.45, 2.75) is 19.0 Å². The van der Waals surface area contributed by atoms with Crippen LogP contribution in [-0.2, 0) is 9.53 Å². The smallest absolute Gasteiger partial charge is 0.352 e. The average molecular weight is 299 g/mol. The summed E-state index contributed by atoms with van der Waals surface area (Å²) in [6.07, 6.45) is 0.612. The predicted molar refractivity (Wildman–Crippen MR) is 71.5 cm³/mol. The molecule has 0 saturated carbocycles. The van der Waals surface area contributed by atoms with Crippen LogP contribution in [0, 0.1) is 0 Å². The van der Waals surface area contributed by atoms with Crippen molar-refractivity contribution in [2.24, 2.45) is 0 Å². The van der Waals surface area contributed by atoms with Crippen molar-refractivity contribution in [1.82, 2.24) is 0 Å². The molecule has 0 fully saturated rings. The maximum Gasteiger partial charge on any atom is 0.352 e. The molecular weight excluding hydrogens is 284 g/mol. The summed E-state index contributed by atoms with van der Waals surface area (Å²) < 4.78 is 5.13. The van der Waals surface area contributed by atoms with Crippen molar-refractivity contribution in [2.75, 3.05) is 22.6 Å². The van der Waals surface area contributed by atoms with Gasteiger partial charge in [-0.15, -0.1) is 0 Å². The number of para-hydroxylation sites is 2. The van der Waals surface area contributed by atoms with Gasteiger partial charge in [-0.05, 0) is 19.1 Å². The van der Waals surface area contributed by atoms with Gasteiger partial charge < -0.3 is 15.4 Å². The van der Waals surface area contributed by atoms with Gasteiger partial charge in [0.1, 0.15) is 0 Å². The summed E-state index contributed by atoms with van der Waals surface area (Å²) >= 11 is 3.37. The number of nitrogens with one attached hydrogen (secondary N) is 2. The van der Waals surface area contributed by atoms with Gasteiger partial charge in [0.2, 0.25) is 5.66 Å². The number of hydrogen-bond donors (Lipinski definition) is 2. The lowest BCUT2D eigenvalue weighted by Gasteiger charge is -2.27. The van der Waals surface area contributed by atoms with E-state index >= 15 is 0 Å². The van der Waals surface area contributed by atoms with Gasteiger partial charge in [-0.3, -0.25) is 0 Å². The highest BCUT2D eigenvalue weighted by Crippen LogP contribution is 2.36. The highest BCUT2D eigenvalue weighted by molar-refractivity contribution is 9.09. The van der Waals surface area contributed by atoms with E-state index in [0.717, 1.165) is 11.4 Å². The first-order chi connectivity index (χ1) is 8.22. The van der Waals surface area contributed by atoms with Gasteiger partial charge in [-0.1, -0.05) is 28.1 Å². The number of fused-ring (bicyclic) bond motifs is 1. The van der Waals surface area contributed by atoms with Crippen LogP contribution in [0.2, 0.25) is 0 Å². The Morgan fingerprint density at radius 3 is 2.41 bits per heavy atom. The number of rotatable bonds is 4. The molecule has 1 aromatic carbocycles. The summed E-state index contributed by atoms with van der Waals surface area (Å²) in [6.45, 7) is 2.18. The summed E-state index contributed by atoms with van der Waals surface area (Å²) in [5.41, 5.74) is 1.02. The minimum atomic E-state index is -0.844. The number of halogens is 1. The van der Waals surface area contributed by atoms with Crippen LogP contribution in [0.3, 0.4) is 0 Å². The molecule has 0 atom stereocenters. The Hall–Kier alpha value is -1.23. The molecule has 1 aromatic rings. The van der Waals surface area contributed by atoms with Gasteiger partial charge >= 0.3 is 5.97 Å². The molecule has 17 heavy (non-hydrogen) atoms. The first-order valence-corrected chi connectivity index (χ1v) is 6.72. The number of esters is 1. The van der Waals surface area contributed by atoms with Crippen molar-refractivity contribution < 1.29 is 9.53 Å². The Balaban J connectivity index is 2.25. The molecule has 0 aliphatic carbocycles. The highest BCUT2D eigenvalue weighted by Gasteiger charge is 2.44. The van der Waals surface area contributed by atoms with Crippen molar-refractivity contribution >= 4 is 33.3 Å². The van der Waals surface area contributed by atoms with E-state index < -0.39 is 5.66 Å². The fourth-order valence-electron chi connectivity index (χ4n) is 1.92. The van der Waals surface area contributed by atoms with E-state index in [9.17, 15) is 4.79 Å². The van der Waals surface area contributed by atoms with Crippen LogP contribution in [0.5, 0.6) is 0 Å². The monoisotopic (exact) mass is 298 g/mol. The summed E-state index contributed by atoms with van der Waals surface area (Å²) in [4.78, 5) is 12.1. The third-order valence-corrected chi connectivity index (χ3v) is 3.11. The number of carbonyl (C=O) groups excluding carboxylic acids is 1. The molecule has 1 aliphatic heterocycles. The topological polar surface area (TPSA) is 50.4 Å². The number of benzene rings is 1. The highest BCUT2D eigenvalue weighted by atomic mass is 79.9. The molecule has 92 valence electrons. The normalized spacial score (nSPS) is 15.6. The SMILES string of the molecule is CCOC(=O)C1(CCBr)Nc2ccccc2N1. The van der Waals surface area contributed by atoms with Gasteiger partial charge in [0, 0.05) is 11.8 Å². The van der Waals surface area contributed by atoms with Gasteiger partial charge in [0.15, 0.2) is 0 Å². The molecule has 1 aliphatic rings. The number of alkyl halides is 1. The first-order valence-electron chi connectivity index (χ1n) is 5.60. The maximum absolute atomic E-state index is 12.1. The van der Waals surface area contributed by atoms with Gasteiger partial charge in [0.05, 0.1) is 18.0 Å². The van der Waals surface area contributed by atoms with Crippen molar-refractivity contribution in [3.05, 3.63) is 24.3 Å². The van der Waals surface area contributed by atoms with Gasteiger partial charge in [-0.25, -0.2) is 4.79 Å². The number of ether oxygens (including phenoxy) is 1. The predicted octanol–water partition coefficient (Wildman–Crippen LogP) is 2.57. The molecule has 0 bridgehead atoms. The fourth-order valence-corrected chi connectivity index (χ4v) is 2.51. The molecule has 4 nitrogen and oxygen atoms in total.